The molecule has 1 unspecified atom stereocenters. The Hall–Kier alpha value is -1.62. The first-order valence-electron chi connectivity index (χ1n) is 7.22. The number of nitrogens with zero attached hydrogens (tertiary/aromatic N) is 1. The predicted molar refractivity (Wildman–Crippen MR) is 84.8 cm³/mol. The molecule has 118 valence electrons. The molecule has 0 saturated heterocycles. The number of aryl methyl sites for hydroxylation is 1. The quantitative estimate of drug-likeness (QED) is 0.792. The molecule has 0 aliphatic rings. The van der Waals surface area contributed by atoms with Crippen molar-refractivity contribution < 1.29 is 9.18 Å². The third-order valence-corrected chi connectivity index (χ3v) is 3.20. The molecule has 0 fully saturated rings. The van der Waals surface area contributed by atoms with E-state index in [1.54, 1.807) is 6.92 Å². The Morgan fingerprint density at radius 3 is 2.52 bits per heavy atom. The van der Waals surface area contributed by atoms with E-state index in [1.165, 1.54) is 12.1 Å². The van der Waals surface area contributed by atoms with Crippen LogP contribution in [-0.2, 0) is 0 Å². The van der Waals surface area contributed by atoms with E-state index in [9.17, 15) is 9.18 Å². The lowest BCUT2D eigenvalue weighted by atomic mass is 10.0. The summed E-state index contributed by atoms with van der Waals surface area (Å²) in [6.45, 7) is 6.51. The molecule has 0 spiro atoms. The van der Waals surface area contributed by atoms with E-state index in [2.05, 4.69) is 19.2 Å². The molecular weight excluding hydrogens is 269 g/mol. The molecule has 0 radical (unpaired) electrons. The monoisotopic (exact) mass is 295 g/mol. The number of carbonyl (C=O) groups excluding carboxylic acids is 1. The van der Waals surface area contributed by atoms with E-state index in [-0.39, 0.29) is 11.6 Å². The van der Waals surface area contributed by atoms with Crippen molar-refractivity contribution in [1.82, 2.24) is 10.2 Å². The Kier molecular flexibility index (Phi) is 6.15. The lowest BCUT2D eigenvalue weighted by Crippen LogP contribution is -2.42. The Morgan fingerprint density at radius 1 is 1.38 bits per heavy atom. The number of hydrogen-bond donors (Lipinski definition) is 2. The van der Waals surface area contributed by atoms with E-state index >= 15 is 0 Å². The maximum Gasteiger partial charge on any atom is 0.254 e. The average Bonchev–Trinajstić information content (AvgIpc) is 2.31. The van der Waals surface area contributed by atoms with Gasteiger partial charge < -0.3 is 16.0 Å². The molecular formula is C16H26FN3O. The zero-order valence-corrected chi connectivity index (χ0v) is 13.5. The van der Waals surface area contributed by atoms with Gasteiger partial charge in [-0.1, -0.05) is 13.8 Å². The fourth-order valence-electron chi connectivity index (χ4n) is 2.41. The summed E-state index contributed by atoms with van der Waals surface area (Å²) in [7, 11) is 3.90. The molecule has 3 N–H and O–H groups in total. The molecule has 1 aromatic carbocycles. The molecule has 0 aliphatic carbocycles. The molecule has 0 aliphatic heterocycles. The van der Waals surface area contributed by atoms with Gasteiger partial charge in [-0.15, -0.1) is 0 Å². The maximum absolute atomic E-state index is 14.1. The maximum atomic E-state index is 14.1. The van der Waals surface area contributed by atoms with Gasteiger partial charge in [-0.25, -0.2) is 4.39 Å². The van der Waals surface area contributed by atoms with Gasteiger partial charge in [0.2, 0.25) is 0 Å². The first-order valence-corrected chi connectivity index (χ1v) is 7.22. The van der Waals surface area contributed by atoms with Gasteiger partial charge in [0.1, 0.15) is 5.82 Å². The molecule has 0 saturated carbocycles. The number of rotatable bonds is 6. The molecule has 5 heteroatoms. The lowest BCUT2D eigenvalue weighted by Gasteiger charge is -2.24. The van der Waals surface area contributed by atoms with Gasteiger partial charge in [0, 0.05) is 18.3 Å². The van der Waals surface area contributed by atoms with Crippen molar-refractivity contribution in [2.24, 2.45) is 5.92 Å². The molecule has 4 nitrogen and oxygen atoms in total. The van der Waals surface area contributed by atoms with E-state index in [0.717, 1.165) is 6.42 Å². The molecule has 0 heterocycles. The van der Waals surface area contributed by atoms with E-state index < -0.39 is 11.7 Å². The molecule has 1 atom stereocenters. The number of likely N-dealkylation sites (N-methyl/N-ethyl adjacent to an activating group) is 1. The number of benzene rings is 1. The summed E-state index contributed by atoms with van der Waals surface area (Å²) in [5.74, 6) is -0.465. The van der Waals surface area contributed by atoms with Crippen LogP contribution >= 0.6 is 0 Å². The van der Waals surface area contributed by atoms with Crippen LogP contribution in [0, 0.1) is 18.7 Å². The van der Waals surface area contributed by atoms with Crippen LogP contribution in [0.1, 0.15) is 36.2 Å². The number of halogens is 1. The Bertz CT molecular complexity index is 491. The highest BCUT2D eigenvalue weighted by Gasteiger charge is 2.19. The molecule has 0 aromatic heterocycles. The standard InChI is InChI=1S/C16H26FN3O/c1-10(2)6-13(9-20(4)5)19-16(21)14-8-12(18)7-11(3)15(14)17/h7-8,10,13H,6,9,18H2,1-5H3,(H,19,21). The minimum Gasteiger partial charge on any atom is -0.399 e. The summed E-state index contributed by atoms with van der Waals surface area (Å²) < 4.78 is 14.1. The Balaban J connectivity index is 2.91. The van der Waals surface area contributed by atoms with Gasteiger partial charge in [-0.05, 0) is 51.1 Å². The van der Waals surface area contributed by atoms with Crippen molar-refractivity contribution in [3.05, 3.63) is 29.1 Å². The normalized spacial score (nSPS) is 12.8. The number of hydrogen-bond acceptors (Lipinski definition) is 3. The Morgan fingerprint density at radius 2 is 2.00 bits per heavy atom. The highest BCUT2D eigenvalue weighted by Crippen LogP contribution is 2.17. The zero-order chi connectivity index (χ0) is 16.2. The first kappa shape index (κ1) is 17.4. The summed E-state index contributed by atoms with van der Waals surface area (Å²) in [6.07, 6.45) is 0.840. The van der Waals surface area contributed by atoms with Gasteiger partial charge in [0.05, 0.1) is 5.56 Å². The van der Waals surface area contributed by atoms with Gasteiger partial charge in [0.25, 0.3) is 5.91 Å². The van der Waals surface area contributed by atoms with Crippen LogP contribution < -0.4 is 11.1 Å². The topological polar surface area (TPSA) is 58.4 Å². The van der Waals surface area contributed by atoms with Crippen LogP contribution in [0.15, 0.2) is 12.1 Å². The highest BCUT2D eigenvalue weighted by atomic mass is 19.1. The van der Waals surface area contributed by atoms with Crippen molar-refractivity contribution in [2.45, 2.75) is 33.2 Å². The van der Waals surface area contributed by atoms with Crippen LogP contribution in [0.3, 0.4) is 0 Å². The van der Waals surface area contributed by atoms with Gasteiger partial charge in [0.15, 0.2) is 0 Å². The third-order valence-electron chi connectivity index (χ3n) is 3.20. The molecule has 0 bridgehead atoms. The van der Waals surface area contributed by atoms with E-state index in [1.807, 2.05) is 19.0 Å². The zero-order valence-electron chi connectivity index (χ0n) is 13.5. The number of amides is 1. The second kappa shape index (κ2) is 7.41. The second-order valence-electron chi connectivity index (χ2n) is 6.26. The Labute approximate surface area is 126 Å². The molecule has 21 heavy (non-hydrogen) atoms. The van der Waals surface area contributed by atoms with Crippen molar-refractivity contribution in [3.63, 3.8) is 0 Å². The van der Waals surface area contributed by atoms with Crippen molar-refractivity contribution in [1.29, 1.82) is 0 Å². The smallest absolute Gasteiger partial charge is 0.254 e. The third kappa shape index (κ3) is 5.34. The second-order valence-corrected chi connectivity index (χ2v) is 6.26. The van der Waals surface area contributed by atoms with Crippen molar-refractivity contribution in [3.8, 4) is 0 Å². The number of carbonyl (C=O) groups is 1. The van der Waals surface area contributed by atoms with Crippen LogP contribution in [0.5, 0.6) is 0 Å². The predicted octanol–water partition coefficient (Wildman–Crippen LogP) is 2.42. The summed E-state index contributed by atoms with van der Waals surface area (Å²) in [5.41, 5.74) is 6.50. The summed E-state index contributed by atoms with van der Waals surface area (Å²) in [5, 5.41) is 2.92. The van der Waals surface area contributed by atoms with Gasteiger partial charge in [-0.3, -0.25) is 4.79 Å². The van der Waals surface area contributed by atoms with E-state index in [0.29, 0.717) is 23.7 Å². The van der Waals surface area contributed by atoms with Crippen LogP contribution in [0.4, 0.5) is 10.1 Å². The van der Waals surface area contributed by atoms with Crippen molar-refractivity contribution in [2.75, 3.05) is 26.4 Å². The SMILES string of the molecule is Cc1cc(N)cc(C(=O)NC(CC(C)C)CN(C)C)c1F. The molecule has 1 aromatic rings. The summed E-state index contributed by atoms with van der Waals surface area (Å²) in [6, 6.07) is 2.89. The fraction of sp³-hybridized carbons (Fsp3) is 0.562. The van der Waals surface area contributed by atoms with Crippen LogP contribution in [0.25, 0.3) is 0 Å². The van der Waals surface area contributed by atoms with Gasteiger partial charge >= 0.3 is 0 Å². The largest absolute Gasteiger partial charge is 0.399 e. The molecule has 1 amide bonds. The number of anilines is 1. The van der Waals surface area contributed by atoms with Crippen LogP contribution in [0.2, 0.25) is 0 Å². The lowest BCUT2D eigenvalue weighted by molar-refractivity contribution is 0.0920. The number of nitrogens with one attached hydrogen (secondary N) is 1. The summed E-state index contributed by atoms with van der Waals surface area (Å²) in [4.78, 5) is 14.3. The number of nitrogen functional groups attached to an aromatic ring is 1. The van der Waals surface area contributed by atoms with Crippen molar-refractivity contribution >= 4 is 11.6 Å². The van der Waals surface area contributed by atoms with E-state index in [4.69, 9.17) is 5.73 Å². The highest BCUT2D eigenvalue weighted by molar-refractivity contribution is 5.95. The summed E-state index contributed by atoms with van der Waals surface area (Å²) >= 11 is 0. The van der Waals surface area contributed by atoms with Gasteiger partial charge in [-0.2, -0.15) is 0 Å². The van der Waals surface area contributed by atoms with Crippen LogP contribution in [-0.4, -0.2) is 37.5 Å². The fourth-order valence-corrected chi connectivity index (χ4v) is 2.41. The minimum atomic E-state index is -0.505. The average molecular weight is 295 g/mol. The first-order chi connectivity index (χ1) is 9.70. The number of nitrogens with two attached hydrogens (primary N) is 1. The minimum absolute atomic E-state index is 0.0139. The molecule has 1 rings (SSSR count).